The highest BCUT2D eigenvalue weighted by molar-refractivity contribution is 5.96. The maximum atomic E-state index is 12.8. The molecule has 3 rings (SSSR count). The molecule has 0 aliphatic rings. The van der Waals surface area contributed by atoms with E-state index in [1.807, 2.05) is 48.9 Å². The van der Waals surface area contributed by atoms with E-state index in [0.717, 1.165) is 22.6 Å². The minimum absolute atomic E-state index is 0.0936. The summed E-state index contributed by atoms with van der Waals surface area (Å²) in [5.41, 5.74) is 3.65. The molecule has 0 saturated carbocycles. The van der Waals surface area contributed by atoms with Gasteiger partial charge in [-0.3, -0.25) is 4.79 Å². The summed E-state index contributed by atoms with van der Waals surface area (Å²) < 4.78 is 31.6. The van der Waals surface area contributed by atoms with E-state index >= 15 is 0 Å². The molecule has 0 aliphatic carbocycles. The van der Waals surface area contributed by atoms with Gasteiger partial charge in [0.25, 0.3) is 5.91 Å². The molecule has 0 fully saturated rings. The SMILES string of the molecule is Cc1nn(-c2ccccc2)c(C)c1CN(C)C(=O)c1ccccc1OC(F)F. The van der Waals surface area contributed by atoms with Crippen molar-refractivity contribution in [2.75, 3.05) is 7.05 Å². The summed E-state index contributed by atoms with van der Waals surface area (Å²) in [6.07, 6.45) is 0. The fourth-order valence-electron chi connectivity index (χ4n) is 3.08. The molecule has 0 aliphatic heterocycles. The second-order valence-corrected chi connectivity index (χ2v) is 6.43. The van der Waals surface area contributed by atoms with Crippen molar-refractivity contribution in [3.63, 3.8) is 0 Å². The van der Waals surface area contributed by atoms with Crippen molar-refractivity contribution in [3.05, 3.63) is 77.1 Å². The lowest BCUT2D eigenvalue weighted by molar-refractivity contribution is -0.0502. The zero-order chi connectivity index (χ0) is 20.3. The smallest absolute Gasteiger partial charge is 0.387 e. The van der Waals surface area contributed by atoms with Crippen molar-refractivity contribution >= 4 is 5.91 Å². The van der Waals surface area contributed by atoms with Crippen molar-refractivity contribution in [2.45, 2.75) is 27.0 Å². The number of benzene rings is 2. The molecule has 7 heteroatoms. The third-order valence-electron chi connectivity index (χ3n) is 4.52. The highest BCUT2D eigenvalue weighted by Gasteiger charge is 2.21. The number of aryl methyl sites for hydroxylation is 1. The lowest BCUT2D eigenvalue weighted by Crippen LogP contribution is -2.27. The van der Waals surface area contributed by atoms with Crippen LogP contribution in [0.15, 0.2) is 54.6 Å². The summed E-state index contributed by atoms with van der Waals surface area (Å²) in [7, 11) is 1.63. The molecule has 0 unspecified atom stereocenters. The van der Waals surface area contributed by atoms with Crippen LogP contribution in [0.2, 0.25) is 0 Å². The van der Waals surface area contributed by atoms with Crippen LogP contribution in [-0.4, -0.2) is 34.2 Å². The van der Waals surface area contributed by atoms with E-state index < -0.39 is 12.5 Å². The van der Waals surface area contributed by atoms with Gasteiger partial charge in [-0.1, -0.05) is 30.3 Å². The molecule has 0 bridgehead atoms. The molecule has 0 saturated heterocycles. The van der Waals surface area contributed by atoms with Gasteiger partial charge in [-0.05, 0) is 38.1 Å². The van der Waals surface area contributed by atoms with E-state index in [2.05, 4.69) is 9.84 Å². The van der Waals surface area contributed by atoms with Crippen LogP contribution in [0.4, 0.5) is 8.78 Å². The van der Waals surface area contributed by atoms with Crippen molar-refractivity contribution in [2.24, 2.45) is 0 Å². The molecule has 3 aromatic rings. The van der Waals surface area contributed by atoms with Gasteiger partial charge in [-0.2, -0.15) is 13.9 Å². The van der Waals surface area contributed by atoms with Gasteiger partial charge in [0.15, 0.2) is 0 Å². The van der Waals surface area contributed by atoms with Gasteiger partial charge >= 0.3 is 6.61 Å². The number of para-hydroxylation sites is 2. The Kier molecular flexibility index (Phi) is 5.73. The molecule has 146 valence electrons. The van der Waals surface area contributed by atoms with Crippen LogP contribution in [0, 0.1) is 13.8 Å². The van der Waals surface area contributed by atoms with Crippen LogP contribution in [0.5, 0.6) is 5.75 Å². The van der Waals surface area contributed by atoms with Crippen LogP contribution in [0.3, 0.4) is 0 Å². The van der Waals surface area contributed by atoms with Crippen LogP contribution in [0.25, 0.3) is 5.69 Å². The van der Waals surface area contributed by atoms with Crippen LogP contribution in [-0.2, 0) is 6.54 Å². The zero-order valence-corrected chi connectivity index (χ0v) is 15.9. The van der Waals surface area contributed by atoms with E-state index in [1.165, 1.54) is 17.0 Å². The molecular weight excluding hydrogens is 364 g/mol. The van der Waals surface area contributed by atoms with Gasteiger partial charge in [0.1, 0.15) is 5.75 Å². The molecule has 0 atom stereocenters. The summed E-state index contributed by atoms with van der Waals surface area (Å²) in [5.74, 6) is -0.537. The number of carbonyl (C=O) groups is 1. The quantitative estimate of drug-likeness (QED) is 0.633. The number of carbonyl (C=O) groups excluding carboxylic acids is 1. The molecule has 5 nitrogen and oxygen atoms in total. The van der Waals surface area contributed by atoms with E-state index in [0.29, 0.717) is 6.54 Å². The van der Waals surface area contributed by atoms with Gasteiger partial charge < -0.3 is 9.64 Å². The van der Waals surface area contributed by atoms with Gasteiger partial charge in [-0.25, -0.2) is 4.68 Å². The fourth-order valence-corrected chi connectivity index (χ4v) is 3.08. The van der Waals surface area contributed by atoms with Crippen LogP contribution < -0.4 is 4.74 Å². The second kappa shape index (κ2) is 8.21. The third-order valence-corrected chi connectivity index (χ3v) is 4.52. The predicted molar refractivity (Wildman–Crippen MR) is 102 cm³/mol. The number of halogens is 2. The number of amides is 1. The van der Waals surface area contributed by atoms with Crippen molar-refractivity contribution in [1.82, 2.24) is 14.7 Å². The third kappa shape index (κ3) is 4.03. The van der Waals surface area contributed by atoms with Gasteiger partial charge in [0.2, 0.25) is 0 Å². The Morgan fingerprint density at radius 1 is 1.11 bits per heavy atom. The Labute approximate surface area is 162 Å². The Morgan fingerprint density at radius 2 is 1.75 bits per heavy atom. The molecule has 0 radical (unpaired) electrons. The van der Waals surface area contributed by atoms with Crippen molar-refractivity contribution in [3.8, 4) is 11.4 Å². The monoisotopic (exact) mass is 385 g/mol. The average molecular weight is 385 g/mol. The van der Waals surface area contributed by atoms with Gasteiger partial charge in [-0.15, -0.1) is 0 Å². The van der Waals surface area contributed by atoms with Gasteiger partial charge in [0.05, 0.1) is 16.9 Å². The standard InChI is InChI=1S/C21H21F2N3O2/c1-14-18(15(2)26(24-14)16-9-5-4-6-10-16)13-25(3)20(27)17-11-7-8-12-19(17)28-21(22)23/h4-12,21H,13H2,1-3H3. The Bertz CT molecular complexity index is 971. The summed E-state index contributed by atoms with van der Waals surface area (Å²) in [6.45, 7) is 1.13. The van der Waals surface area contributed by atoms with Crippen LogP contribution in [0.1, 0.15) is 27.3 Å². The number of aromatic nitrogens is 2. The zero-order valence-electron chi connectivity index (χ0n) is 15.9. The summed E-state index contributed by atoms with van der Waals surface area (Å²) >= 11 is 0. The molecule has 1 heterocycles. The molecule has 1 aromatic heterocycles. The predicted octanol–water partition coefficient (Wildman–Crippen LogP) is 4.36. The summed E-state index contributed by atoms with van der Waals surface area (Å²) in [6, 6.07) is 15.7. The van der Waals surface area contributed by atoms with E-state index in [-0.39, 0.29) is 11.3 Å². The average Bonchev–Trinajstić information content (AvgIpc) is 2.96. The Hall–Kier alpha value is -3.22. The highest BCUT2D eigenvalue weighted by atomic mass is 19.3. The van der Waals surface area contributed by atoms with Gasteiger partial charge in [0, 0.05) is 24.8 Å². The van der Waals surface area contributed by atoms with E-state index in [9.17, 15) is 13.6 Å². The number of alkyl halides is 2. The summed E-state index contributed by atoms with van der Waals surface area (Å²) in [4.78, 5) is 14.3. The fraction of sp³-hybridized carbons (Fsp3) is 0.238. The number of rotatable bonds is 6. The molecule has 0 N–H and O–H groups in total. The maximum Gasteiger partial charge on any atom is 0.387 e. The first kappa shape index (κ1) is 19.5. The largest absolute Gasteiger partial charge is 0.434 e. The van der Waals surface area contributed by atoms with Crippen molar-refractivity contribution < 1.29 is 18.3 Å². The first-order chi connectivity index (χ1) is 13.4. The molecule has 1 amide bonds. The molecule has 2 aromatic carbocycles. The minimum Gasteiger partial charge on any atom is -0.434 e. The van der Waals surface area contributed by atoms with E-state index in [1.54, 1.807) is 19.2 Å². The first-order valence-corrected chi connectivity index (χ1v) is 8.78. The maximum absolute atomic E-state index is 12.8. The lowest BCUT2D eigenvalue weighted by atomic mass is 10.1. The summed E-state index contributed by atoms with van der Waals surface area (Å²) in [5, 5.41) is 4.58. The second-order valence-electron chi connectivity index (χ2n) is 6.43. The lowest BCUT2D eigenvalue weighted by Gasteiger charge is -2.19. The number of ether oxygens (including phenoxy) is 1. The van der Waals surface area contributed by atoms with E-state index in [4.69, 9.17) is 0 Å². The minimum atomic E-state index is -2.99. The highest BCUT2D eigenvalue weighted by Crippen LogP contribution is 2.24. The first-order valence-electron chi connectivity index (χ1n) is 8.78. The Balaban J connectivity index is 1.85. The topological polar surface area (TPSA) is 47.4 Å². The van der Waals surface area contributed by atoms with Crippen LogP contribution >= 0.6 is 0 Å². The normalized spacial score (nSPS) is 10.9. The Morgan fingerprint density at radius 3 is 2.43 bits per heavy atom. The molecule has 28 heavy (non-hydrogen) atoms. The molecular formula is C21H21F2N3O2. The van der Waals surface area contributed by atoms with Crippen molar-refractivity contribution in [1.29, 1.82) is 0 Å². The number of hydrogen-bond acceptors (Lipinski definition) is 3. The number of nitrogens with zero attached hydrogens (tertiary/aromatic N) is 3. The molecule has 0 spiro atoms. The number of hydrogen-bond donors (Lipinski definition) is 0.